The summed E-state index contributed by atoms with van der Waals surface area (Å²) in [5.41, 5.74) is 7.48. The normalized spacial score (nSPS) is 20.7. The lowest BCUT2D eigenvalue weighted by Gasteiger charge is -2.38. The van der Waals surface area contributed by atoms with Crippen LogP contribution < -0.4 is 4.57 Å². The van der Waals surface area contributed by atoms with E-state index in [1.807, 2.05) is 0 Å². The zero-order chi connectivity index (χ0) is 22.2. The molecule has 2 fully saturated rings. The molecule has 31 heavy (non-hydrogen) atoms. The van der Waals surface area contributed by atoms with E-state index in [1.165, 1.54) is 79.4 Å². The summed E-state index contributed by atoms with van der Waals surface area (Å²) in [4.78, 5) is 0. The van der Waals surface area contributed by atoms with Gasteiger partial charge in [-0.2, -0.15) is 0 Å². The highest BCUT2D eigenvalue weighted by Crippen LogP contribution is 2.42. The molecule has 1 saturated heterocycles. The predicted octanol–water partition coefficient (Wildman–Crippen LogP) is 7.93. The average Bonchev–Trinajstić information content (AvgIpc) is 2.74. The van der Waals surface area contributed by atoms with E-state index < -0.39 is 8.07 Å². The quantitative estimate of drug-likeness (QED) is 0.340. The fraction of sp³-hybridized carbons (Fsp3) is 0.621. The molecule has 4 rings (SSSR count). The Morgan fingerprint density at radius 3 is 2.19 bits per heavy atom. The molecule has 0 amide bonds. The van der Waals surface area contributed by atoms with Crippen molar-refractivity contribution in [3.05, 3.63) is 53.2 Å². The molecule has 2 aliphatic rings. The molecule has 1 aliphatic carbocycles. The van der Waals surface area contributed by atoms with Crippen molar-refractivity contribution < 1.29 is 4.57 Å². The van der Waals surface area contributed by atoms with Gasteiger partial charge in [-0.25, -0.2) is 4.57 Å². The number of pyridine rings is 1. The van der Waals surface area contributed by atoms with E-state index in [0.29, 0.717) is 0 Å². The third-order valence-electron chi connectivity index (χ3n) is 8.84. The van der Waals surface area contributed by atoms with Gasteiger partial charge >= 0.3 is 0 Å². The second kappa shape index (κ2) is 8.85. The Labute approximate surface area is 192 Å². The monoisotopic (exact) mass is 434 g/mol. The third kappa shape index (κ3) is 4.84. The Kier molecular flexibility index (Phi) is 6.50. The van der Waals surface area contributed by atoms with Gasteiger partial charge in [-0.1, -0.05) is 70.4 Å². The van der Waals surface area contributed by atoms with Gasteiger partial charge in [-0.15, -0.1) is 0 Å². The van der Waals surface area contributed by atoms with Crippen LogP contribution in [0.4, 0.5) is 0 Å². The number of aryl methyl sites for hydroxylation is 2. The van der Waals surface area contributed by atoms with E-state index in [2.05, 4.69) is 82.0 Å². The molecular formula is C29H44NSi+. The number of hydrogen-bond donors (Lipinski definition) is 0. The van der Waals surface area contributed by atoms with Gasteiger partial charge in [-0.3, -0.25) is 0 Å². The van der Waals surface area contributed by atoms with E-state index in [9.17, 15) is 0 Å². The van der Waals surface area contributed by atoms with Crippen molar-refractivity contribution in [2.75, 3.05) is 0 Å². The predicted molar refractivity (Wildman–Crippen MR) is 136 cm³/mol. The van der Waals surface area contributed by atoms with Gasteiger partial charge in [0.1, 0.15) is 7.05 Å². The highest BCUT2D eigenvalue weighted by Gasteiger charge is 2.33. The number of benzene rings is 1. The van der Waals surface area contributed by atoms with Gasteiger partial charge in [0.2, 0.25) is 5.69 Å². The van der Waals surface area contributed by atoms with Crippen LogP contribution in [0.15, 0.2) is 36.5 Å². The van der Waals surface area contributed by atoms with E-state index in [1.54, 1.807) is 5.56 Å². The topological polar surface area (TPSA) is 3.88 Å². The Bertz CT molecular complexity index is 910. The smallest absolute Gasteiger partial charge is 0.201 e. The summed E-state index contributed by atoms with van der Waals surface area (Å²) in [6, 6.07) is 15.0. The third-order valence-corrected chi connectivity index (χ3v) is 12.1. The molecule has 1 aromatic heterocycles. The molecule has 2 heterocycles. The molecule has 2 aromatic rings. The van der Waals surface area contributed by atoms with Crippen molar-refractivity contribution in [3.63, 3.8) is 0 Å². The van der Waals surface area contributed by atoms with Crippen LogP contribution in [0.5, 0.6) is 0 Å². The standard InChI is InChI=1S/C29H44NSi/c1-22-20-26(29(2,3)25-10-8-7-9-11-25)13-14-27(22)28-15-12-24(21-30(28)4)23-16-18-31(5,6)19-17-23/h12-15,20-21,23,25H,7-11,16-19H2,1-6H3/q+1. The van der Waals surface area contributed by atoms with E-state index >= 15 is 0 Å². The molecule has 0 radical (unpaired) electrons. The molecule has 168 valence electrons. The molecule has 0 unspecified atom stereocenters. The Hall–Kier alpha value is -1.41. The maximum absolute atomic E-state index is 2.56. The molecule has 1 aliphatic heterocycles. The lowest BCUT2D eigenvalue weighted by Crippen LogP contribution is -2.34. The van der Waals surface area contributed by atoms with Gasteiger partial charge in [0.15, 0.2) is 6.20 Å². The summed E-state index contributed by atoms with van der Waals surface area (Å²) in [5.74, 6) is 1.59. The molecule has 2 heteroatoms. The first kappa shape index (κ1) is 22.8. The summed E-state index contributed by atoms with van der Waals surface area (Å²) >= 11 is 0. The first-order valence-electron chi connectivity index (χ1n) is 12.8. The lowest BCUT2D eigenvalue weighted by molar-refractivity contribution is -0.660. The molecule has 0 N–H and O–H groups in total. The lowest BCUT2D eigenvalue weighted by atomic mass is 9.67. The van der Waals surface area contributed by atoms with Gasteiger partial charge < -0.3 is 0 Å². The van der Waals surface area contributed by atoms with Crippen LogP contribution in [-0.2, 0) is 12.5 Å². The fourth-order valence-electron chi connectivity index (χ4n) is 6.29. The largest absolute Gasteiger partial charge is 0.212 e. The maximum atomic E-state index is 2.56. The van der Waals surface area contributed by atoms with E-state index in [-0.39, 0.29) is 5.41 Å². The van der Waals surface area contributed by atoms with Crippen LogP contribution in [0.1, 0.15) is 81.4 Å². The molecule has 0 atom stereocenters. The van der Waals surface area contributed by atoms with Gasteiger partial charge in [0.05, 0.1) is 0 Å². The Morgan fingerprint density at radius 2 is 1.58 bits per heavy atom. The second-order valence-corrected chi connectivity index (χ2v) is 17.3. The summed E-state index contributed by atoms with van der Waals surface area (Å²) < 4.78 is 2.38. The first-order valence-corrected chi connectivity index (χ1v) is 16.2. The van der Waals surface area contributed by atoms with Crippen molar-refractivity contribution >= 4 is 8.07 Å². The minimum atomic E-state index is -0.890. The number of nitrogens with zero attached hydrogens (tertiary/aromatic N) is 1. The summed E-state index contributed by atoms with van der Waals surface area (Å²) in [6.45, 7) is 12.4. The van der Waals surface area contributed by atoms with Gasteiger partial charge in [0, 0.05) is 25.3 Å². The fourth-order valence-corrected chi connectivity index (χ4v) is 8.80. The van der Waals surface area contributed by atoms with Crippen LogP contribution in [0.3, 0.4) is 0 Å². The zero-order valence-electron chi connectivity index (χ0n) is 20.9. The number of aromatic nitrogens is 1. The van der Waals surface area contributed by atoms with Crippen LogP contribution in [0.25, 0.3) is 11.3 Å². The minimum Gasteiger partial charge on any atom is -0.201 e. The number of rotatable bonds is 4. The number of hydrogen-bond acceptors (Lipinski definition) is 0. The summed E-state index contributed by atoms with van der Waals surface area (Å²) in [5, 5.41) is 0. The average molecular weight is 435 g/mol. The Morgan fingerprint density at radius 1 is 0.903 bits per heavy atom. The van der Waals surface area contributed by atoms with Crippen molar-refractivity contribution in [2.45, 2.75) is 102 Å². The van der Waals surface area contributed by atoms with Crippen LogP contribution >= 0.6 is 0 Å². The molecule has 1 nitrogen and oxygen atoms in total. The SMILES string of the molecule is Cc1cc(C(C)(C)C2CCCCC2)ccc1-c1ccc(C2CC[Si](C)(C)CC2)c[n+]1C. The van der Waals surface area contributed by atoms with E-state index in [0.717, 1.165) is 11.8 Å². The summed E-state index contributed by atoms with van der Waals surface area (Å²) in [6.07, 6.45) is 12.2. The highest BCUT2D eigenvalue weighted by atomic mass is 28.3. The van der Waals surface area contributed by atoms with E-state index in [4.69, 9.17) is 0 Å². The van der Waals surface area contributed by atoms with Crippen molar-refractivity contribution in [3.8, 4) is 11.3 Å². The minimum absolute atomic E-state index is 0.272. The zero-order valence-corrected chi connectivity index (χ0v) is 21.9. The molecule has 0 bridgehead atoms. The first-order chi connectivity index (χ1) is 14.7. The van der Waals surface area contributed by atoms with Crippen molar-refractivity contribution in [2.24, 2.45) is 13.0 Å². The van der Waals surface area contributed by atoms with Crippen LogP contribution in [-0.4, -0.2) is 8.07 Å². The van der Waals surface area contributed by atoms with Crippen molar-refractivity contribution in [1.82, 2.24) is 0 Å². The molecule has 0 spiro atoms. The second-order valence-electron chi connectivity index (χ2n) is 12.0. The van der Waals surface area contributed by atoms with Crippen molar-refractivity contribution in [1.29, 1.82) is 0 Å². The van der Waals surface area contributed by atoms with Gasteiger partial charge in [-0.05, 0) is 73.1 Å². The molecular weight excluding hydrogens is 390 g/mol. The van der Waals surface area contributed by atoms with Crippen LogP contribution in [0, 0.1) is 12.8 Å². The highest BCUT2D eigenvalue weighted by molar-refractivity contribution is 6.77. The summed E-state index contributed by atoms with van der Waals surface area (Å²) in [7, 11) is 1.35. The molecule has 1 aromatic carbocycles. The maximum Gasteiger partial charge on any atom is 0.212 e. The van der Waals surface area contributed by atoms with Crippen LogP contribution in [0.2, 0.25) is 25.2 Å². The van der Waals surface area contributed by atoms with Gasteiger partial charge in [0.25, 0.3) is 0 Å². The molecule has 1 saturated carbocycles. The Balaban J connectivity index is 1.56.